The van der Waals surface area contributed by atoms with E-state index < -0.39 is 11.9 Å². The normalized spacial score (nSPS) is 18.3. The molecule has 0 saturated carbocycles. The minimum absolute atomic E-state index is 0.0123. The van der Waals surface area contributed by atoms with E-state index in [-0.39, 0.29) is 12.3 Å². The fourth-order valence-electron chi connectivity index (χ4n) is 3.01. The number of benzene rings is 1. The molecule has 1 aliphatic rings. The number of H-pyrrole nitrogens is 1. The molecule has 1 aromatic heterocycles. The average Bonchev–Trinajstić information content (AvgIpc) is 2.83. The third-order valence-electron chi connectivity index (χ3n) is 4.28. The van der Waals surface area contributed by atoms with Crippen LogP contribution in [-0.2, 0) is 16.0 Å². The van der Waals surface area contributed by atoms with Crippen LogP contribution in [0.15, 0.2) is 18.2 Å². The number of carbonyl (C=O) groups excluding carboxylic acids is 2. The smallest absolute Gasteiger partial charge is 0.236 e. The van der Waals surface area contributed by atoms with Crippen molar-refractivity contribution in [3.05, 3.63) is 34.5 Å². The number of halogens is 1. The molecule has 0 radical (unpaired) electrons. The number of hydrogen-bond donors (Lipinski definition) is 3. The Hall–Kier alpha value is -2.05. The van der Waals surface area contributed by atoms with Crippen LogP contribution in [0, 0.1) is 6.92 Å². The van der Waals surface area contributed by atoms with Gasteiger partial charge in [-0.1, -0.05) is 11.6 Å². The van der Waals surface area contributed by atoms with Gasteiger partial charge >= 0.3 is 0 Å². The summed E-state index contributed by atoms with van der Waals surface area (Å²) in [6, 6.07) is 5.12. The summed E-state index contributed by atoms with van der Waals surface area (Å²) in [6.07, 6.45) is 0.275. The van der Waals surface area contributed by atoms with E-state index >= 15 is 0 Å². The molecule has 2 heterocycles. The van der Waals surface area contributed by atoms with Crippen LogP contribution >= 0.6 is 11.6 Å². The fourth-order valence-corrected chi connectivity index (χ4v) is 3.18. The average molecular weight is 335 g/mol. The van der Waals surface area contributed by atoms with Gasteiger partial charge in [0.2, 0.25) is 11.8 Å². The van der Waals surface area contributed by atoms with Crippen molar-refractivity contribution in [2.75, 3.05) is 19.6 Å². The molecule has 0 bridgehead atoms. The Balaban J connectivity index is 1.81. The number of amides is 2. The number of primary amides is 1. The maximum Gasteiger partial charge on any atom is 0.236 e. The van der Waals surface area contributed by atoms with Crippen molar-refractivity contribution in [3.8, 4) is 0 Å². The summed E-state index contributed by atoms with van der Waals surface area (Å²) in [6.45, 7) is 3.40. The minimum Gasteiger partial charge on any atom is -0.368 e. The molecule has 1 saturated heterocycles. The van der Waals surface area contributed by atoms with Gasteiger partial charge < -0.3 is 20.9 Å². The van der Waals surface area contributed by atoms with E-state index in [0.717, 1.165) is 22.2 Å². The number of aryl methyl sites for hydroxylation is 1. The Labute approximate surface area is 139 Å². The van der Waals surface area contributed by atoms with E-state index in [2.05, 4.69) is 10.3 Å². The molecular formula is C16H19ClN4O2. The molecule has 23 heavy (non-hydrogen) atoms. The highest BCUT2D eigenvalue weighted by Gasteiger charge is 2.27. The zero-order valence-corrected chi connectivity index (χ0v) is 13.6. The number of aromatic nitrogens is 1. The Kier molecular flexibility index (Phi) is 4.28. The van der Waals surface area contributed by atoms with Gasteiger partial charge in [0.1, 0.15) is 6.04 Å². The molecule has 2 amide bonds. The number of piperazine rings is 1. The Morgan fingerprint density at radius 2 is 2.22 bits per heavy atom. The van der Waals surface area contributed by atoms with Crippen LogP contribution in [0.4, 0.5) is 0 Å². The third-order valence-corrected chi connectivity index (χ3v) is 4.52. The molecular weight excluding hydrogens is 316 g/mol. The van der Waals surface area contributed by atoms with Gasteiger partial charge in [0.25, 0.3) is 0 Å². The predicted molar refractivity (Wildman–Crippen MR) is 89.3 cm³/mol. The standard InChI is InChI=1S/C16H19ClN4O2/c1-9-11(12-6-10(17)2-3-13(12)20-9)7-15(22)21-5-4-19-14(8-21)16(18)23/h2-3,6,14,19-20H,4-5,7-8H2,1H3,(H2,18,23). The van der Waals surface area contributed by atoms with Crippen molar-refractivity contribution in [1.29, 1.82) is 0 Å². The van der Waals surface area contributed by atoms with Crippen molar-refractivity contribution in [2.24, 2.45) is 5.73 Å². The summed E-state index contributed by atoms with van der Waals surface area (Å²) in [5, 5.41) is 4.62. The van der Waals surface area contributed by atoms with E-state index in [1.54, 1.807) is 4.90 Å². The number of nitrogens with two attached hydrogens (primary N) is 1. The van der Waals surface area contributed by atoms with Crippen LogP contribution in [0.25, 0.3) is 10.9 Å². The lowest BCUT2D eigenvalue weighted by atomic mass is 10.1. The number of hydrogen-bond acceptors (Lipinski definition) is 3. The molecule has 0 aliphatic carbocycles. The first kappa shape index (κ1) is 15.8. The second-order valence-corrected chi connectivity index (χ2v) is 6.28. The zero-order valence-electron chi connectivity index (χ0n) is 12.9. The van der Waals surface area contributed by atoms with Crippen LogP contribution in [0.1, 0.15) is 11.3 Å². The molecule has 122 valence electrons. The van der Waals surface area contributed by atoms with Crippen molar-refractivity contribution in [3.63, 3.8) is 0 Å². The molecule has 6 nitrogen and oxygen atoms in total. The first-order valence-corrected chi connectivity index (χ1v) is 7.90. The quantitative estimate of drug-likeness (QED) is 0.780. The van der Waals surface area contributed by atoms with E-state index in [4.69, 9.17) is 17.3 Å². The highest BCUT2D eigenvalue weighted by molar-refractivity contribution is 6.31. The van der Waals surface area contributed by atoms with Gasteiger partial charge in [-0.15, -0.1) is 0 Å². The minimum atomic E-state index is -0.480. The summed E-state index contributed by atoms with van der Waals surface area (Å²) in [4.78, 5) is 28.9. The highest BCUT2D eigenvalue weighted by Crippen LogP contribution is 2.26. The molecule has 4 N–H and O–H groups in total. The Morgan fingerprint density at radius 3 is 2.96 bits per heavy atom. The number of nitrogens with one attached hydrogen (secondary N) is 2. The molecule has 1 unspecified atom stereocenters. The van der Waals surface area contributed by atoms with E-state index in [9.17, 15) is 9.59 Å². The zero-order chi connectivity index (χ0) is 16.6. The van der Waals surface area contributed by atoms with Crippen LogP contribution < -0.4 is 11.1 Å². The second kappa shape index (κ2) is 6.22. The van der Waals surface area contributed by atoms with E-state index in [1.165, 1.54) is 0 Å². The van der Waals surface area contributed by atoms with Crippen LogP contribution in [0.5, 0.6) is 0 Å². The van der Waals surface area contributed by atoms with Gasteiger partial charge in [-0.3, -0.25) is 9.59 Å². The van der Waals surface area contributed by atoms with E-state index in [0.29, 0.717) is 24.7 Å². The molecule has 0 spiro atoms. The number of nitrogens with zero attached hydrogens (tertiary/aromatic N) is 1. The number of rotatable bonds is 3. The molecule has 3 rings (SSSR count). The molecule has 1 aromatic carbocycles. The van der Waals surface area contributed by atoms with Crippen molar-refractivity contribution >= 4 is 34.3 Å². The molecule has 1 fully saturated rings. The largest absolute Gasteiger partial charge is 0.368 e. The summed E-state index contributed by atoms with van der Waals surface area (Å²) in [5.41, 5.74) is 8.19. The monoisotopic (exact) mass is 334 g/mol. The molecule has 7 heteroatoms. The SMILES string of the molecule is Cc1[nH]c2ccc(Cl)cc2c1CC(=O)N1CCNC(C(N)=O)C1. The fraction of sp³-hybridized carbons (Fsp3) is 0.375. The van der Waals surface area contributed by atoms with Gasteiger partial charge in [-0.05, 0) is 30.7 Å². The molecule has 1 aliphatic heterocycles. The summed E-state index contributed by atoms with van der Waals surface area (Å²) < 4.78 is 0. The van der Waals surface area contributed by atoms with Crippen LogP contribution in [-0.4, -0.2) is 47.4 Å². The summed E-state index contributed by atoms with van der Waals surface area (Å²) in [7, 11) is 0. The topological polar surface area (TPSA) is 91.2 Å². The van der Waals surface area contributed by atoms with Gasteiger partial charge in [0.05, 0.1) is 6.42 Å². The Morgan fingerprint density at radius 1 is 1.43 bits per heavy atom. The first-order valence-electron chi connectivity index (χ1n) is 7.53. The van der Waals surface area contributed by atoms with E-state index in [1.807, 2.05) is 25.1 Å². The summed E-state index contributed by atoms with van der Waals surface area (Å²) in [5.74, 6) is -0.445. The van der Waals surface area contributed by atoms with Crippen molar-refractivity contribution in [2.45, 2.75) is 19.4 Å². The summed E-state index contributed by atoms with van der Waals surface area (Å²) >= 11 is 6.07. The van der Waals surface area contributed by atoms with Crippen LogP contribution in [0.2, 0.25) is 5.02 Å². The molecule has 2 aromatic rings. The van der Waals surface area contributed by atoms with Gasteiger partial charge in [0, 0.05) is 41.3 Å². The van der Waals surface area contributed by atoms with Gasteiger partial charge in [0.15, 0.2) is 0 Å². The van der Waals surface area contributed by atoms with Gasteiger partial charge in [-0.2, -0.15) is 0 Å². The lowest BCUT2D eigenvalue weighted by molar-refractivity contribution is -0.133. The lowest BCUT2D eigenvalue weighted by Gasteiger charge is -2.32. The number of aromatic amines is 1. The molecule has 1 atom stereocenters. The second-order valence-electron chi connectivity index (χ2n) is 5.84. The predicted octanol–water partition coefficient (Wildman–Crippen LogP) is 0.958. The lowest BCUT2D eigenvalue weighted by Crippen LogP contribution is -2.57. The van der Waals surface area contributed by atoms with Gasteiger partial charge in [-0.25, -0.2) is 0 Å². The maximum atomic E-state index is 12.6. The third kappa shape index (κ3) is 3.18. The highest BCUT2D eigenvalue weighted by atomic mass is 35.5. The van der Waals surface area contributed by atoms with Crippen molar-refractivity contribution in [1.82, 2.24) is 15.2 Å². The number of carbonyl (C=O) groups is 2. The van der Waals surface area contributed by atoms with Crippen LogP contribution in [0.3, 0.4) is 0 Å². The Bertz CT molecular complexity index is 771. The maximum absolute atomic E-state index is 12.6. The number of fused-ring (bicyclic) bond motifs is 1. The first-order chi connectivity index (χ1) is 11.0. The van der Waals surface area contributed by atoms with Crippen molar-refractivity contribution < 1.29 is 9.59 Å².